The molecule has 1 amide bonds. The molecule has 1 heterocycles. The average Bonchev–Trinajstić information content (AvgIpc) is 2.80. The molecule has 0 aliphatic rings. The zero-order valence-corrected chi connectivity index (χ0v) is 13.8. The van der Waals surface area contributed by atoms with Crippen molar-refractivity contribution in [3.8, 4) is 5.75 Å². The average molecular weight is 330 g/mol. The molecule has 5 nitrogen and oxygen atoms in total. The summed E-state index contributed by atoms with van der Waals surface area (Å²) in [5, 5.41) is 14.1. The standard InChI is InChI=1S/C17H17NO4S/c1-10-11(2)23-16(15(10)17(20)21)18-14(19)9-6-12-4-7-13(22-3)8-5-12/h4-9H,1-3H3,(H,18,19)(H,20,21)/p-1/b9-6+. The number of aryl methyl sites for hydroxylation is 1. The molecule has 2 aromatic rings. The van der Waals surface area contributed by atoms with Crippen molar-refractivity contribution in [3.05, 3.63) is 51.9 Å². The van der Waals surface area contributed by atoms with Gasteiger partial charge in [-0.15, -0.1) is 11.3 Å². The molecular weight excluding hydrogens is 314 g/mol. The highest BCUT2D eigenvalue weighted by atomic mass is 32.1. The number of hydrogen-bond acceptors (Lipinski definition) is 5. The van der Waals surface area contributed by atoms with Gasteiger partial charge >= 0.3 is 0 Å². The molecule has 0 fully saturated rings. The first-order valence-electron chi connectivity index (χ1n) is 6.87. The van der Waals surface area contributed by atoms with Crippen molar-refractivity contribution < 1.29 is 19.4 Å². The van der Waals surface area contributed by atoms with Gasteiger partial charge in [-0.2, -0.15) is 0 Å². The summed E-state index contributed by atoms with van der Waals surface area (Å²) in [5.41, 5.74) is 1.49. The minimum Gasteiger partial charge on any atom is -0.545 e. The number of hydrogen-bond donors (Lipinski definition) is 1. The van der Waals surface area contributed by atoms with Crippen LogP contribution < -0.4 is 15.2 Å². The van der Waals surface area contributed by atoms with E-state index in [0.717, 1.165) is 16.2 Å². The third-order valence-electron chi connectivity index (χ3n) is 3.37. The third kappa shape index (κ3) is 3.98. The summed E-state index contributed by atoms with van der Waals surface area (Å²) in [6.45, 7) is 3.50. The number of carbonyl (C=O) groups excluding carboxylic acids is 2. The maximum absolute atomic E-state index is 12.0. The van der Waals surface area contributed by atoms with Gasteiger partial charge in [-0.25, -0.2) is 0 Å². The van der Waals surface area contributed by atoms with Crippen LogP contribution in [0, 0.1) is 13.8 Å². The molecule has 0 bridgehead atoms. The number of carbonyl (C=O) groups is 2. The van der Waals surface area contributed by atoms with Crippen LogP contribution in [0.1, 0.15) is 26.4 Å². The van der Waals surface area contributed by atoms with Crippen LogP contribution >= 0.6 is 11.3 Å². The predicted octanol–water partition coefficient (Wildman–Crippen LogP) is 2.39. The van der Waals surface area contributed by atoms with Crippen LogP contribution in [0.4, 0.5) is 5.00 Å². The normalized spacial score (nSPS) is 10.7. The highest BCUT2D eigenvalue weighted by Crippen LogP contribution is 2.31. The van der Waals surface area contributed by atoms with Gasteiger partial charge in [0.25, 0.3) is 0 Å². The summed E-state index contributed by atoms with van der Waals surface area (Å²) in [5.74, 6) is -0.958. The Morgan fingerprint density at radius 3 is 2.43 bits per heavy atom. The predicted molar refractivity (Wildman–Crippen MR) is 88.8 cm³/mol. The number of aromatic carboxylic acids is 1. The molecule has 1 N–H and O–H groups in total. The smallest absolute Gasteiger partial charge is 0.249 e. The lowest BCUT2D eigenvalue weighted by atomic mass is 10.1. The van der Waals surface area contributed by atoms with E-state index in [-0.39, 0.29) is 5.56 Å². The van der Waals surface area contributed by atoms with Crippen molar-refractivity contribution in [1.29, 1.82) is 0 Å². The van der Waals surface area contributed by atoms with Crippen molar-refractivity contribution >= 4 is 34.3 Å². The Morgan fingerprint density at radius 1 is 1.22 bits per heavy atom. The number of methoxy groups -OCH3 is 1. The number of nitrogens with one attached hydrogen (secondary N) is 1. The molecule has 0 radical (unpaired) electrons. The Morgan fingerprint density at radius 2 is 1.87 bits per heavy atom. The first-order valence-corrected chi connectivity index (χ1v) is 7.68. The molecule has 2 rings (SSSR count). The molecule has 0 saturated heterocycles. The van der Waals surface area contributed by atoms with Crippen LogP contribution in [0.15, 0.2) is 30.3 Å². The van der Waals surface area contributed by atoms with Gasteiger partial charge in [0.2, 0.25) is 5.91 Å². The molecule has 0 spiro atoms. The topological polar surface area (TPSA) is 78.5 Å². The highest BCUT2D eigenvalue weighted by molar-refractivity contribution is 7.16. The Bertz CT molecular complexity index is 760. The lowest BCUT2D eigenvalue weighted by Gasteiger charge is -2.06. The summed E-state index contributed by atoms with van der Waals surface area (Å²) in [4.78, 5) is 24.0. The van der Waals surface area contributed by atoms with Crippen molar-refractivity contribution in [3.63, 3.8) is 0 Å². The van der Waals surface area contributed by atoms with E-state index in [1.165, 1.54) is 17.4 Å². The van der Waals surface area contributed by atoms with E-state index >= 15 is 0 Å². The number of anilines is 1. The van der Waals surface area contributed by atoms with Crippen molar-refractivity contribution in [2.24, 2.45) is 0 Å². The quantitative estimate of drug-likeness (QED) is 0.854. The lowest BCUT2D eigenvalue weighted by Crippen LogP contribution is -2.24. The SMILES string of the molecule is COc1ccc(/C=C/C(=O)Nc2sc(C)c(C)c2C(=O)[O-])cc1. The Hall–Kier alpha value is -2.60. The zero-order chi connectivity index (χ0) is 17.0. The second kappa shape index (κ2) is 7.11. The van der Waals surface area contributed by atoms with Crippen molar-refractivity contribution in [1.82, 2.24) is 0 Å². The largest absolute Gasteiger partial charge is 0.545 e. The Balaban J connectivity index is 2.11. The van der Waals surface area contributed by atoms with Crippen LogP contribution in [0.3, 0.4) is 0 Å². The molecule has 23 heavy (non-hydrogen) atoms. The van der Waals surface area contributed by atoms with Crippen molar-refractivity contribution in [2.75, 3.05) is 12.4 Å². The fraction of sp³-hybridized carbons (Fsp3) is 0.176. The van der Waals surface area contributed by atoms with Gasteiger partial charge in [0.15, 0.2) is 0 Å². The fourth-order valence-electron chi connectivity index (χ4n) is 2.00. The van der Waals surface area contributed by atoms with Gasteiger partial charge in [-0.05, 0) is 43.2 Å². The van der Waals surface area contributed by atoms with Gasteiger partial charge in [0.05, 0.1) is 13.1 Å². The zero-order valence-electron chi connectivity index (χ0n) is 13.0. The summed E-state index contributed by atoms with van der Waals surface area (Å²) >= 11 is 1.22. The van der Waals surface area contributed by atoms with Gasteiger partial charge in [0.1, 0.15) is 10.8 Å². The lowest BCUT2D eigenvalue weighted by molar-refractivity contribution is -0.254. The second-order valence-electron chi connectivity index (χ2n) is 4.87. The molecule has 1 aromatic heterocycles. The minimum atomic E-state index is -1.29. The number of benzene rings is 1. The van der Waals surface area contributed by atoms with Crippen LogP contribution in [-0.2, 0) is 4.79 Å². The number of thiophene rings is 1. The molecule has 6 heteroatoms. The molecule has 1 aromatic carbocycles. The molecular formula is C17H16NO4S-. The number of carboxylic acids is 1. The molecule has 0 atom stereocenters. The Labute approximate surface area is 138 Å². The van der Waals surface area contributed by atoms with Crippen LogP contribution in [0.2, 0.25) is 0 Å². The summed E-state index contributed by atoms with van der Waals surface area (Å²) in [6.07, 6.45) is 2.99. The Kier molecular flexibility index (Phi) is 5.18. The maximum Gasteiger partial charge on any atom is 0.249 e. The molecule has 120 valence electrons. The fourth-order valence-corrected chi connectivity index (χ4v) is 3.05. The summed E-state index contributed by atoms with van der Waals surface area (Å²) < 4.78 is 5.06. The summed E-state index contributed by atoms with van der Waals surface area (Å²) in [6, 6.07) is 7.21. The number of carboxylic acid groups (broad SMARTS) is 1. The molecule has 0 aliphatic carbocycles. The van der Waals surface area contributed by atoms with E-state index in [9.17, 15) is 14.7 Å². The van der Waals surface area contributed by atoms with Gasteiger partial charge in [-0.1, -0.05) is 12.1 Å². The van der Waals surface area contributed by atoms with Crippen molar-refractivity contribution in [2.45, 2.75) is 13.8 Å². The van der Waals surface area contributed by atoms with E-state index in [2.05, 4.69) is 5.32 Å². The van der Waals surface area contributed by atoms with Crippen LogP contribution in [0.25, 0.3) is 6.08 Å². The third-order valence-corrected chi connectivity index (χ3v) is 4.49. The number of ether oxygens (including phenoxy) is 1. The highest BCUT2D eigenvalue weighted by Gasteiger charge is 2.14. The van der Waals surface area contributed by atoms with Gasteiger partial charge in [0, 0.05) is 16.5 Å². The first-order chi connectivity index (χ1) is 10.9. The van der Waals surface area contributed by atoms with E-state index in [1.807, 2.05) is 12.1 Å². The van der Waals surface area contributed by atoms with Crippen LogP contribution in [-0.4, -0.2) is 19.0 Å². The van der Waals surface area contributed by atoms with Gasteiger partial charge in [-0.3, -0.25) is 4.79 Å². The monoisotopic (exact) mass is 330 g/mol. The molecule has 0 saturated carbocycles. The van der Waals surface area contributed by atoms with Gasteiger partial charge < -0.3 is 20.0 Å². The summed E-state index contributed by atoms with van der Waals surface area (Å²) in [7, 11) is 1.58. The molecule has 0 aliphatic heterocycles. The van der Waals surface area contributed by atoms with E-state index in [4.69, 9.17) is 4.74 Å². The van der Waals surface area contributed by atoms with E-state index < -0.39 is 11.9 Å². The van der Waals surface area contributed by atoms with E-state index in [0.29, 0.717) is 10.6 Å². The number of amides is 1. The van der Waals surface area contributed by atoms with Crippen LogP contribution in [0.5, 0.6) is 5.75 Å². The minimum absolute atomic E-state index is 0.0405. The van der Waals surface area contributed by atoms with E-state index in [1.54, 1.807) is 39.2 Å². The number of rotatable bonds is 5. The maximum atomic E-state index is 12.0. The second-order valence-corrected chi connectivity index (χ2v) is 6.10. The first kappa shape index (κ1) is 16.8. The molecule has 0 unspecified atom stereocenters.